The van der Waals surface area contributed by atoms with Gasteiger partial charge in [-0.1, -0.05) is 0 Å². The quantitative estimate of drug-likeness (QED) is 0.656. The molecule has 1 saturated heterocycles. The lowest BCUT2D eigenvalue weighted by Crippen LogP contribution is -2.57. The number of carbonyl (C=O) groups is 2. The molecule has 2 rings (SSSR count). The first-order valence-corrected chi connectivity index (χ1v) is 6.16. The van der Waals surface area contributed by atoms with Gasteiger partial charge in [0, 0.05) is 17.6 Å². The first-order chi connectivity index (χ1) is 8.15. The van der Waals surface area contributed by atoms with Crippen LogP contribution < -0.4 is 16.0 Å². The minimum absolute atomic E-state index is 0.0767. The number of nitrogens with zero attached hydrogens (tertiary/aromatic N) is 1. The van der Waals surface area contributed by atoms with E-state index in [0.717, 1.165) is 9.88 Å². The monoisotopic (exact) mass is 254 g/mol. The first-order valence-electron chi connectivity index (χ1n) is 5.34. The van der Waals surface area contributed by atoms with Gasteiger partial charge in [0.15, 0.2) is 0 Å². The molecule has 92 valence electrons. The number of nitrogens with one attached hydrogen (secondary N) is 3. The van der Waals surface area contributed by atoms with E-state index in [1.807, 2.05) is 6.92 Å². The van der Waals surface area contributed by atoms with Gasteiger partial charge in [-0.15, -0.1) is 11.3 Å². The van der Waals surface area contributed by atoms with Gasteiger partial charge < -0.3 is 10.6 Å². The Hall–Kier alpha value is -1.47. The van der Waals surface area contributed by atoms with Gasteiger partial charge in [0.2, 0.25) is 11.8 Å². The van der Waals surface area contributed by atoms with Crippen LogP contribution >= 0.6 is 11.3 Å². The second-order valence-corrected chi connectivity index (χ2v) is 5.12. The Balaban J connectivity index is 1.79. The highest BCUT2D eigenvalue weighted by atomic mass is 32.1. The van der Waals surface area contributed by atoms with E-state index in [0.29, 0.717) is 13.1 Å². The number of amides is 2. The second-order valence-electron chi connectivity index (χ2n) is 3.80. The fourth-order valence-corrected chi connectivity index (χ4v) is 2.27. The van der Waals surface area contributed by atoms with Crippen LogP contribution in [0.15, 0.2) is 6.20 Å². The molecule has 7 heteroatoms. The van der Waals surface area contributed by atoms with Gasteiger partial charge in [0.05, 0.1) is 18.1 Å². The average Bonchev–Trinajstić information content (AvgIpc) is 2.73. The number of aromatic nitrogens is 1. The van der Waals surface area contributed by atoms with Crippen LogP contribution in [0.25, 0.3) is 0 Å². The molecule has 0 aromatic carbocycles. The molecule has 1 unspecified atom stereocenters. The summed E-state index contributed by atoms with van der Waals surface area (Å²) in [5.41, 5.74) is 0. The van der Waals surface area contributed by atoms with Gasteiger partial charge in [0.1, 0.15) is 6.04 Å². The van der Waals surface area contributed by atoms with Crippen LogP contribution in [-0.2, 0) is 16.1 Å². The van der Waals surface area contributed by atoms with Crippen molar-refractivity contribution in [3.63, 3.8) is 0 Å². The summed E-state index contributed by atoms with van der Waals surface area (Å²) in [6, 6.07) is -0.346. The zero-order chi connectivity index (χ0) is 12.3. The van der Waals surface area contributed by atoms with Gasteiger partial charge in [-0.25, -0.2) is 4.98 Å². The molecule has 3 N–H and O–H groups in total. The second kappa shape index (κ2) is 5.24. The number of hydrogen-bond donors (Lipinski definition) is 3. The third kappa shape index (κ3) is 3.24. The SMILES string of the molecule is Cc1ncc(CNC(=O)C2CNC(=O)CN2)s1. The number of aryl methyl sites for hydroxylation is 1. The Kier molecular flexibility index (Phi) is 3.70. The largest absolute Gasteiger partial charge is 0.353 e. The molecule has 1 aliphatic rings. The Morgan fingerprint density at radius 2 is 2.53 bits per heavy atom. The van der Waals surface area contributed by atoms with Crippen molar-refractivity contribution < 1.29 is 9.59 Å². The minimum Gasteiger partial charge on any atom is -0.353 e. The molecule has 17 heavy (non-hydrogen) atoms. The Bertz CT molecular complexity index is 422. The van der Waals surface area contributed by atoms with Gasteiger partial charge in [-0.05, 0) is 6.92 Å². The molecule has 0 bridgehead atoms. The van der Waals surface area contributed by atoms with Gasteiger partial charge in [0.25, 0.3) is 0 Å². The molecule has 0 aliphatic carbocycles. The van der Waals surface area contributed by atoms with Gasteiger partial charge in [-0.2, -0.15) is 0 Å². The van der Waals surface area contributed by atoms with Crippen molar-refractivity contribution in [1.82, 2.24) is 20.9 Å². The van der Waals surface area contributed by atoms with Crippen LogP contribution in [0.2, 0.25) is 0 Å². The van der Waals surface area contributed by atoms with E-state index >= 15 is 0 Å². The van der Waals surface area contributed by atoms with Crippen molar-refractivity contribution in [2.75, 3.05) is 13.1 Å². The van der Waals surface area contributed by atoms with Crippen LogP contribution in [0.4, 0.5) is 0 Å². The normalized spacial score (nSPS) is 19.8. The summed E-state index contributed by atoms with van der Waals surface area (Å²) in [6.45, 7) is 2.94. The maximum absolute atomic E-state index is 11.7. The van der Waals surface area contributed by atoms with E-state index < -0.39 is 0 Å². The molecule has 2 amide bonds. The lowest BCUT2D eigenvalue weighted by Gasteiger charge is -2.22. The summed E-state index contributed by atoms with van der Waals surface area (Å²) in [4.78, 5) is 27.8. The van der Waals surface area contributed by atoms with Gasteiger partial charge >= 0.3 is 0 Å². The molecule has 0 saturated carbocycles. The number of hydrogen-bond acceptors (Lipinski definition) is 5. The zero-order valence-electron chi connectivity index (χ0n) is 9.45. The molecule has 1 atom stereocenters. The van der Waals surface area contributed by atoms with Gasteiger partial charge in [-0.3, -0.25) is 14.9 Å². The topological polar surface area (TPSA) is 83.1 Å². The smallest absolute Gasteiger partial charge is 0.239 e. The molecule has 1 aliphatic heterocycles. The predicted octanol–water partition coefficient (Wildman–Crippen LogP) is -0.844. The standard InChI is InChI=1S/C10H14N4O2S/c1-6-11-2-7(17-6)3-14-10(16)8-4-13-9(15)5-12-8/h2,8,12H,3-5H2,1H3,(H,13,15)(H,14,16). The third-order valence-corrected chi connectivity index (χ3v) is 3.35. The summed E-state index contributed by atoms with van der Waals surface area (Å²) in [5.74, 6) is -0.178. The lowest BCUT2D eigenvalue weighted by atomic mass is 10.2. The van der Waals surface area contributed by atoms with Crippen molar-refractivity contribution in [3.05, 3.63) is 16.1 Å². The summed E-state index contributed by atoms with van der Waals surface area (Å²) in [6.07, 6.45) is 1.76. The fraction of sp³-hybridized carbons (Fsp3) is 0.500. The average molecular weight is 254 g/mol. The highest BCUT2D eigenvalue weighted by Crippen LogP contribution is 2.10. The zero-order valence-corrected chi connectivity index (χ0v) is 10.3. The van der Waals surface area contributed by atoms with Crippen LogP contribution in [0, 0.1) is 6.92 Å². The van der Waals surface area contributed by atoms with Crippen molar-refractivity contribution >= 4 is 23.2 Å². The maximum atomic E-state index is 11.7. The van der Waals surface area contributed by atoms with E-state index in [2.05, 4.69) is 20.9 Å². The van der Waals surface area contributed by atoms with E-state index in [1.165, 1.54) is 0 Å². The van der Waals surface area contributed by atoms with Crippen molar-refractivity contribution in [2.45, 2.75) is 19.5 Å². The third-order valence-electron chi connectivity index (χ3n) is 2.43. The predicted molar refractivity (Wildman–Crippen MR) is 63.5 cm³/mol. The van der Waals surface area contributed by atoms with Crippen molar-refractivity contribution in [3.8, 4) is 0 Å². The van der Waals surface area contributed by atoms with E-state index in [-0.39, 0.29) is 24.4 Å². The molecule has 6 nitrogen and oxygen atoms in total. The minimum atomic E-state index is -0.346. The van der Waals surface area contributed by atoms with E-state index in [4.69, 9.17) is 0 Å². The summed E-state index contributed by atoms with van der Waals surface area (Å²) in [7, 11) is 0. The summed E-state index contributed by atoms with van der Waals surface area (Å²) < 4.78 is 0. The molecule has 1 fully saturated rings. The molecule has 1 aromatic heterocycles. The molecule has 1 aromatic rings. The van der Waals surface area contributed by atoms with Crippen molar-refractivity contribution in [1.29, 1.82) is 0 Å². The number of piperazine rings is 1. The molecule has 0 spiro atoms. The van der Waals surface area contributed by atoms with Crippen molar-refractivity contribution in [2.24, 2.45) is 0 Å². The fourth-order valence-electron chi connectivity index (χ4n) is 1.54. The maximum Gasteiger partial charge on any atom is 0.239 e. The van der Waals surface area contributed by atoms with E-state index in [9.17, 15) is 9.59 Å². The highest BCUT2D eigenvalue weighted by molar-refractivity contribution is 7.11. The summed E-state index contributed by atoms with van der Waals surface area (Å²) in [5, 5.41) is 9.32. The molecular weight excluding hydrogens is 240 g/mol. The number of thiazole rings is 1. The first kappa shape index (κ1) is 12.0. The Morgan fingerprint density at radius 1 is 1.71 bits per heavy atom. The van der Waals surface area contributed by atoms with Crippen LogP contribution in [-0.4, -0.2) is 35.9 Å². The van der Waals surface area contributed by atoms with Crippen LogP contribution in [0.1, 0.15) is 9.88 Å². The lowest BCUT2D eigenvalue weighted by molar-refractivity contribution is -0.126. The Morgan fingerprint density at radius 3 is 3.12 bits per heavy atom. The van der Waals surface area contributed by atoms with Crippen LogP contribution in [0.3, 0.4) is 0 Å². The Labute approximate surface area is 103 Å². The number of rotatable bonds is 3. The molecule has 2 heterocycles. The summed E-state index contributed by atoms with van der Waals surface area (Å²) >= 11 is 1.56. The molecule has 0 radical (unpaired) electrons. The highest BCUT2D eigenvalue weighted by Gasteiger charge is 2.23. The van der Waals surface area contributed by atoms with Crippen LogP contribution in [0.5, 0.6) is 0 Å². The number of carbonyl (C=O) groups excluding carboxylic acids is 2. The van der Waals surface area contributed by atoms with E-state index in [1.54, 1.807) is 17.5 Å². The molecular formula is C10H14N4O2S.